The summed E-state index contributed by atoms with van der Waals surface area (Å²) in [6, 6.07) is 21.4. The highest BCUT2D eigenvalue weighted by Gasteiger charge is 2.24. The summed E-state index contributed by atoms with van der Waals surface area (Å²) in [5.74, 6) is 0.801. The third-order valence-corrected chi connectivity index (χ3v) is 7.47. The molecule has 1 saturated heterocycles. The summed E-state index contributed by atoms with van der Waals surface area (Å²) in [7, 11) is 0. The number of fused-ring (bicyclic) bond motifs is 3. The molecule has 0 bridgehead atoms. The minimum atomic E-state index is -0.252. The zero-order chi connectivity index (χ0) is 26.9. The number of aryl methyl sites for hydroxylation is 1. The minimum absolute atomic E-state index is 0.0127. The predicted molar refractivity (Wildman–Crippen MR) is 149 cm³/mol. The molecule has 2 aromatic heterocycles. The zero-order valence-corrected chi connectivity index (χ0v) is 21.9. The number of halogens is 2. The van der Waals surface area contributed by atoms with Crippen LogP contribution in [0.4, 0.5) is 10.1 Å². The second-order valence-electron chi connectivity index (χ2n) is 9.61. The average molecular weight is 545 g/mol. The van der Waals surface area contributed by atoms with E-state index in [0.29, 0.717) is 72.4 Å². The van der Waals surface area contributed by atoms with E-state index >= 15 is 0 Å². The third-order valence-electron chi connectivity index (χ3n) is 7.22. The summed E-state index contributed by atoms with van der Waals surface area (Å²) < 4.78 is 17.6. The molecule has 0 N–H and O–H groups in total. The highest BCUT2D eigenvalue weighted by Crippen LogP contribution is 2.21. The van der Waals surface area contributed by atoms with Gasteiger partial charge in [-0.3, -0.25) is 18.6 Å². The van der Waals surface area contributed by atoms with Crippen LogP contribution >= 0.6 is 11.6 Å². The Labute approximate surface area is 228 Å². The maximum Gasteiger partial charge on any atom is 0.263 e. The lowest BCUT2D eigenvalue weighted by Crippen LogP contribution is -2.49. The van der Waals surface area contributed by atoms with Crippen molar-refractivity contribution in [2.24, 2.45) is 0 Å². The first kappa shape index (κ1) is 25.1. The van der Waals surface area contributed by atoms with Gasteiger partial charge >= 0.3 is 0 Å². The van der Waals surface area contributed by atoms with Gasteiger partial charge in [-0.05, 0) is 42.0 Å². The molecule has 198 valence electrons. The topological polar surface area (TPSA) is 75.7 Å². The lowest BCUT2D eigenvalue weighted by Gasteiger charge is -2.36. The van der Waals surface area contributed by atoms with Crippen molar-refractivity contribution in [3.8, 4) is 0 Å². The molecule has 8 nitrogen and oxygen atoms in total. The summed E-state index contributed by atoms with van der Waals surface area (Å²) in [5.41, 5.74) is 2.02. The fourth-order valence-electron chi connectivity index (χ4n) is 5.17. The van der Waals surface area contributed by atoms with Crippen molar-refractivity contribution in [1.82, 2.24) is 24.1 Å². The number of carbonyl (C=O) groups is 1. The molecule has 1 aliphatic heterocycles. The highest BCUT2D eigenvalue weighted by atomic mass is 35.5. The smallest absolute Gasteiger partial charge is 0.263 e. The number of rotatable bonds is 6. The molecule has 3 aromatic carbocycles. The zero-order valence-electron chi connectivity index (χ0n) is 21.1. The van der Waals surface area contributed by atoms with Crippen molar-refractivity contribution in [2.45, 2.75) is 19.4 Å². The van der Waals surface area contributed by atoms with Crippen LogP contribution in [-0.2, 0) is 17.8 Å². The molecule has 6 rings (SSSR count). The fourth-order valence-corrected chi connectivity index (χ4v) is 5.30. The molecular weight excluding hydrogens is 519 g/mol. The Kier molecular flexibility index (Phi) is 6.74. The van der Waals surface area contributed by atoms with Gasteiger partial charge in [0.1, 0.15) is 11.6 Å². The van der Waals surface area contributed by atoms with E-state index in [-0.39, 0.29) is 23.7 Å². The van der Waals surface area contributed by atoms with Crippen LogP contribution in [0.1, 0.15) is 17.8 Å². The molecular formula is C29H26ClFN6O2. The first-order valence-electron chi connectivity index (χ1n) is 12.9. The standard InChI is InChI=1S/C29H26ClFN6O2/c30-21-11-9-20(10-12-21)19-36-28(39)22-5-1-3-7-24(22)37-26(32-33-29(36)37)13-14-27(38)35-17-15-34(16-18-35)25-8-4-2-6-23(25)31/h1-12H,13-19H2. The molecule has 0 aliphatic carbocycles. The predicted octanol–water partition coefficient (Wildman–Crippen LogP) is 4.17. The van der Waals surface area contributed by atoms with Gasteiger partial charge in [0.25, 0.3) is 5.56 Å². The van der Waals surface area contributed by atoms with E-state index in [1.165, 1.54) is 6.07 Å². The SMILES string of the molecule is O=C(CCc1nnc2n(Cc3ccc(Cl)cc3)c(=O)c3ccccc3n12)N1CCN(c2ccccc2F)CC1. The molecule has 39 heavy (non-hydrogen) atoms. The molecule has 0 spiro atoms. The molecule has 1 aliphatic rings. The number of anilines is 1. The molecule has 1 fully saturated rings. The summed E-state index contributed by atoms with van der Waals surface area (Å²) in [6.07, 6.45) is 0.627. The van der Waals surface area contributed by atoms with Gasteiger partial charge < -0.3 is 9.80 Å². The maximum absolute atomic E-state index is 14.2. The van der Waals surface area contributed by atoms with E-state index in [1.54, 1.807) is 34.9 Å². The van der Waals surface area contributed by atoms with Crippen molar-refractivity contribution < 1.29 is 9.18 Å². The van der Waals surface area contributed by atoms with Crippen LogP contribution in [0, 0.1) is 5.82 Å². The van der Waals surface area contributed by atoms with Gasteiger partial charge in [0.15, 0.2) is 0 Å². The molecule has 0 radical (unpaired) electrons. The summed E-state index contributed by atoms with van der Waals surface area (Å²) in [5, 5.41) is 9.94. The number of nitrogens with zero attached hydrogens (tertiary/aromatic N) is 6. The van der Waals surface area contributed by atoms with E-state index in [9.17, 15) is 14.0 Å². The van der Waals surface area contributed by atoms with E-state index < -0.39 is 0 Å². The van der Waals surface area contributed by atoms with Crippen LogP contribution in [-0.4, -0.2) is 56.2 Å². The number of piperazine rings is 1. The van der Waals surface area contributed by atoms with Gasteiger partial charge in [0.05, 0.1) is 23.1 Å². The molecule has 0 unspecified atom stereocenters. The number of para-hydroxylation sites is 2. The number of hydrogen-bond acceptors (Lipinski definition) is 5. The Morgan fingerprint density at radius 1 is 0.897 bits per heavy atom. The summed E-state index contributed by atoms with van der Waals surface area (Å²) in [4.78, 5) is 30.3. The fraction of sp³-hybridized carbons (Fsp3) is 0.241. The number of aromatic nitrogens is 4. The van der Waals surface area contributed by atoms with Crippen molar-refractivity contribution >= 4 is 39.9 Å². The van der Waals surface area contributed by atoms with Gasteiger partial charge in [0, 0.05) is 44.0 Å². The lowest BCUT2D eigenvalue weighted by atomic mass is 10.2. The van der Waals surface area contributed by atoms with E-state index in [4.69, 9.17) is 11.6 Å². The second-order valence-corrected chi connectivity index (χ2v) is 10.0. The number of benzene rings is 3. The Morgan fingerprint density at radius 3 is 2.38 bits per heavy atom. The van der Waals surface area contributed by atoms with E-state index in [2.05, 4.69) is 10.2 Å². The maximum atomic E-state index is 14.2. The van der Waals surface area contributed by atoms with Gasteiger partial charge in [-0.1, -0.05) is 48.0 Å². The van der Waals surface area contributed by atoms with Crippen LogP contribution in [0.5, 0.6) is 0 Å². The second kappa shape index (κ2) is 10.5. The highest BCUT2D eigenvalue weighted by molar-refractivity contribution is 6.30. The first-order chi connectivity index (χ1) is 19.0. The minimum Gasteiger partial charge on any atom is -0.366 e. The van der Waals surface area contributed by atoms with Crippen molar-refractivity contribution in [1.29, 1.82) is 0 Å². The van der Waals surface area contributed by atoms with E-state index in [1.807, 2.05) is 50.6 Å². The Hall–Kier alpha value is -4.24. The van der Waals surface area contributed by atoms with Crippen LogP contribution in [0.3, 0.4) is 0 Å². The summed E-state index contributed by atoms with van der Waals surface area (Å²) >= 11 is 6.04. The Balaban J connectivity index is 1.23. The quantitative estimate of drug-likeness (QED) is 0.321. The van der Waals surface area contributed by atoms with Crippen molar-refractivity contribution in [3.63, 3.8) is 0 Å². The summed E-state index contributed by atoms with van der Waals surface area (Å²) in [6.45, 7) is 2.51. The van der Waals surface area contributed by atoms with Gasteiger partial charge in [-0.2, -0.15) is 0 Å². The van der Waals surface area contributed by atoms with Crippen molar-refractivity contribution in [2.75, 3.05) is 31.1 Å². The molecule has 5 aromatic rings. The molecule has 3 heterocycles. The van der Waals surface area contributed by atoms with Gasteiger partial charge in [0.2, 0.25) is 11.7 Å². The third kappa shape index (κ3) is 4.85. The molecule has 10 heteroatoms. The van der Waals surface area contributed by atoms with Gasteiger partial charge in [-0.15, -0.1) is 10.2 Å². The largest absolute Gasteiger partial charge is 0.366 e. The Bertz CT molecular complexity index is 1720. The number of carbonyl (C=O) groups excluding carboxylic acids is 1. The molecule has 0 saturated carbocycles. The average Bonchev–Trinajstić information content (AvgIpc) is 3.39. The van der Waals surface area contributed by atoms with Gasteiger partial charge in [-0.25, -0.2) is 4.39 Å². The number of hydrogen-bond donors (Lipinski definition) is 0. The van der Waals surface area contributed by atoms with Crippen LogP contribution in [0.2, 0.25) is 5.02 Å². The van der Waals surface area contributed by atoms with Crippen LogP contribution in [0.15, 0.2) is 77.6 Å². The van der Waals surface area contributed by atoms with Crippen molar-refractivity contribution in [3.05, 3.63) is 105 Å². The number of amides is 1. The van der Waals surface area contributed by atoms with Crippen LogP contribution in [0.25, 0.3) is 16.7 Å². The van der Waals surface area contributed by atoms with Crippen LogP contribution < -0.4 is 10.5 Å². The molecule has 1 amide bonds. The normalized spacial score (nSPS) is 13.9. The van der Waals surface area contributed by atoms with E-state index in [0.717, 1.165) is 5.56 Å². The lowest BCUT2D eigenvalue weighted by molar-refractivity contribution is -0.131. The first-order valence-corrected chi connectivity index (χ1v) is 13.2. The monoisotopic (exact) mass is 544 g/mol. The Morgan fingerprint density at radius 2 is 1.62 bits per heavy atom. The molecule has 0 atom stereocenters.